The first-order chi connectivity index (χ1) is 11.3. The van der Waals surface area contributed by atoms with E-state index in [0.29, 0.717) is 5.92 Å². The van der Waals surface area contributed by atoms with Gasteiger partial charge in [0.1, 0.15) is 5.60 Å². The summed E-state index contributed by atoms with van der Waals surface area (Å²) in [5.74, 6) is 2.11. The van der Waals surface area contributed by atoms with Gasteiger partial charge in [-0.15, -0.1) is 0 Å². The molecule has 0 saturated carbocycles. The summed E-state index contributed by atoms with van der Waals surface area (Å²) in [6.07, 6.45) is 2.67. The molecule has 1 aliphatic rings. The van der Waals surface area contributed by atoms with E-state index in [-0.39, 0.29) is 6.09 Å². The van der Waals surface area contributed by atoms with E-state index >= 15 is 0 Å². The summed E-state index contributed by atoms with van der Waals surface area (Å²) < 4.78 is 16.3. The largest absolute Gasteiger partial charge is 0.493 e. The van der Waals surface area contributed by atoms with Crippen LogP contribution in [0.3, 0.4) is 0 Å². The Morgan fingerprint density at radius 1 is 1.17 bits per heavy atom. The lowest BCUT2D eigenvalue weighted by atomic mass is 9.90. The number of hydrogen-bond donors (Lipinski definition) is 0. The second-order valence-corrected chi connectivity index (χ2v) is 7.27. The van der Waals surface area contributed by atoms with E-state index in [4.69, 9.17) is 14.2 Å². The van der Waals surface area contributed by atoms with Gasteiger partial charge in [0.15, 0.2) is 11.5 Å². The molecule has 5 heteroatoms. The van der Waals surface area contributed by atoms with Gasteiger partial charge in [0.05, 0.1) is 14.2 Å². The molecule has 0 unspecified atom stereocenters. The average molecular weight is 335 g/mol. The summed E-state index contributed by atoms with van der Waals surface area (Å²) in [6, 6.07) is 5.99. The van der Waals surface area contributed by atoms with Gasteiger partial charge in [-0.25, -0.2) is 4.79 Å². The Morgan fingerprint density at radius 2 is 1.83 bits per heavy atom. The van der Waals surface area contributed by atoms with Gasteiger partial charge in [0, 0.05) is 13.1 Å². The quantitative estimate of drug-likeness (QED) is 0.837. The first-order valence-electron chi connectivity index (χ1n) is 8.52. The maximum absolute atomic E-state index is 12.1. The molecule has 134 valence electrons. The molecule has 2 rings (SSSR count). The van der Waals surface area contributed by atoms with Crippen molar-refractivity contribution < 1.29 is 19.0 Å². The minimum absolute atomic E-state index is 0.208. The van der Waals surface area contributed by atoms with Crippen LogP contribution in [0.2, 0.25) is 0 Å². The fourth-order valence-corrected chi connectivity index (χ4v) is 3.07. The van der Waals surface area contributed by atoms with Crippen LogP contribution in [0.5, 0.6) is 11.5 Å². The van der Waals surface area contributed by atoms with Gasteiger partial charge in [-0.05, 0) is 57.6 Å². The summed E-state index contributed by atoms with van der Waals surface area (Å²) in [7, 11) is 3.33. The van der Waals surface area contributed by atoms with Crippen molar-refractivity contribution in [1.82, 2.24) is 4.90 Å². The zero-order chi connectivity index (χ0) is 17.7. The molecule has 1 fully saturated rings. The third kappa shape index (κ3) is 4.79. The van der Waals surface area contributed by atoms with Crippen LogP contribution in [0, 0.1) is 5.92 Å². The fourth-order valence-electron chi connectivity index (χ4n) is 3.07. The van der Waals surface area contributed by atoms with E-state index in [1.165, 1.54) is 0 Å². The first-order valence-corrected chi connectivity index (χ1v) is 8.52. The van der Waals surface area contributed by atoms with Gasteiger partial charge in [0.25, 0.3) is 0 Å². The zero-order valence-corrected chi connectivity index (χ0v) is 15.4. The van der Waals surface area contributed by atoms with Crippen LogP contribution in [-0.2, 0) is 11.2 Å². The van der Waals surface area contributed by atoms with Crippen molar-refractivity contribution in [3.63, 3.8) is 0 Å². The second kappa shape index (κ2) is 7.77. The topological polar surface area (TPSA) is 48.0 Å². The number of ether oxygens (including phenoxy) is 3. The number of amides is 1. The lowest BCUT2D eigenvalue weighted by molar-refractivity contribution is 0.0184. The Bertz CT molecular complexity index is 557. The van der Waals surface area contributed by atoms with Gasteiger partial charge in [-0.2, -0.15) is 0 Å². The highest BCUT2D eigenvalue weighted by Gasteiger charge is 2.27. The van der Waals surface area contributed by atoms with Crippen LogP contribution >= 0.6 is 0 Å². The van der Waals surface area contributed by atoms with E-state index in [2.05, 4.69) is 6.07 Å². The molecule has 1 aliphatic heterocycles. The fraction of sp³-hybridized carbons (Fsp3) is 0.632. The summed E-state index contributed by atoms with van der Waals surface area (Å²) >= 11 is 0. The minimum atomic E-state index is -0.443. The van der Waals surface area contributed by atoms with Crippen molar-refractivity contribution in [3.8, 4) is 11.5 Å². The number of para-hydroxylation sites is 1. The lowest BCUT2D eigenvalue weighted by Crippen LogP contribution is -2.42. The maximum atomic E-state index is 12.1. The molecule has 0 radical (unpaired) electrons. The summed E-state index contributed by atoms with van der Waals surface area (Å²) in [6.45, 7) is 7.17. The van der Waals surface area contributed by atoms with Gasteiger partial charge in [0.2, 0.25) is 0 Å². The first kappa shape index (κ1) is 18.4. The number of likely N-dealkylation sites (tertiary alicyclic amines) is 1. The Kier molecular flexibility index (Phi) is 5.97. The zero-order valence-electron chi connectivity index (χ0n) is 15.4. The Hall–Kier alpha value is -1.91. The molecule has 24 heavy (non-hydrogen) atoms. The van der Waals surface area contributed by atoms with Crippen LogP contribution < -0.4 is 9.47 Å². The van der Waals surface area contributed by atoms with Crippen molar-refractivity contribution in [1.29, 1.82) is 0 Å². The standard InChI is InChI=1S/C19H29NO4/c1-19(2,3)24-18(21)20-11-9-14(10-12-20)13-15-7-6-8-16(22-4)17(15)23-5/h6-8,14H,9-13H2,1-5H3. The summed E-state index contributed by atoms with van der Waals surface area (Å²) in [5, 5.41) is 0. The van der Waals surface area contributed by atoms with Crippen LogP contribution in [-0.4, -0.2) is 43.9 Å². The van der Waals surface area contributed by atoms with Crippen molar-refractivity contribution in [2.75, 3.05) is 27.3 Å². The number of piperidine rings is 1. The number of benzene rings is 1. The monoisotopic (exact) mass is 335 g/mol. The molecule has 0 spiro atoms. The number of carbonyl (C=O) groups is 1. The molecule has 1 saturated heterocycles. The molecule has 0 bridgehead atoms. The van der Waals surface area contributed by atoms with Crippen molar-refractivity contribution >= 4 is 6.09 Å². The van der Waals surface area contributed by atoms with Gasteiger partial charge < -0.3 is 19.1 Å². The van der Waals surface area contributed by atoms with Crippen LogP contribution in [0.1, 0.15) is 39.2 Å². The van der Waals surface area contributed by atoms with Gasteiger partial charge in [-0.3, -0.25) is 0 Å². The molecule has 0 aliphatic carbocycles. The van der Waals surface area contributed by atoms with Crippen LogP contribution in [0.4, 0.5) is 4.79 Å². The number of hydrogen-bond acceptors (Lipinski definition) is 4. The molecule has 0 N–H and O–H groups in total. The molecule has 0 atom stereocenters. The Morgan fingerprint density at radius 3 is 2.38 bits per heavy atom. The third-order valence-corrected chi connectivity index (χ3v) is 4.26. The minimum Gasteiger partial charge on any atom is -0.493 e. The van der Waals surface area contributed by atoms with Crippen molar-refractivity contribution in [3.05, 3.63) is 23.8 Å². The molecule has 1 amide bonds. The van der Waals surface area contributed by atoms with Gasteiger partial charge in [-0.1, -0.05) is 12.1 Å². The molecule has 5 nitrogen and oxygen atoms in total. The second-order valence-electron chi connectivity index (χ2n) is 7.27. The van der Waals surface area contributed by atoms with Gasteiger partial charge >= 0.3 is 6.09 Å². The van der Waals surface area contributed by atoms with E-state index in [1.54, 1.807) is 14.2 Å². The van der Waals surface area contributed by atoms with E-state index in [9.17, 15) is 4.79 Å². The van der Waals surface area contributed by atoms with Crippen LogP contribution in [0.15, 0.2) is 18.2 Å². The predicted octanol–water partition coefficient (Wildman–Crippen LogP) is 3.89. The normalized spacial score (nSPS) is 16.0. The molecular weight excluding hydrogens is 306 g/mol. The lowest BCUT2D eigenvalue weighted by Gasteiger charge is -2.33. The highest BCUT2D eigenvalue weighted by Crippen LogP contribution is 2.34. The summed E-state index contributed by atoms with van der Waals surface area (Å²) in [4.78, 5) is 13.9. The van der Waals surface area contributed by atoms with Crippen LogP contribution in [0.25, 0.3) is 0 Å². The molecule has 0 aromatic heterocycles. The number of carbonyl (C=O) groups excluding carboxylic acids is 1. The molecule has 1 heterocycles. The highest BCUT2D eigenvalue weighted by atomic mass is 16.6. The molecular formula is C19H29NO4. The smallest absolute Gasteiger partial charge is 0.410 e. The summed E-state index contributed by atoms with van der Waals surface area (Å²) in [5.41, 5.74) is 0.717. The Labute approximate surface area is 144 Å². The predicted molar refractivity (Wildman–Crippen MR) is 93.8 cm³/mol. The molecule has 1 aromatic rings. The third-order valence-electron chi connectivity index (χ3n) is 4.26. The Balaban J connectivity index is 1.93. The van der Waals surface area contributed by atoms with Crippen molar-refractivity contribution in [2.24, 2.45) is 5.92 Å². The average Bonchev–Trinajstić information content (AvgIpc) is 2.53. The van der Waals surface area contributed by atoms with E-state index in [1.807, 2.05) is 37.8 Å². The van der Waals surface area contributed by atoms with E-state index < -0.39 is 5.60 Å². The van der Waals surface area contributed by atoms with E-state index in [0.717, 1.165) is 49.4 Å². The number of methoxy groups -OCH3 is 2. The van der Waals surface area contributed by atoms with Crippen molar-refractivity contribution in [2.45, 2.75) is 45.6 Å². The maximum Gasteiger partial charge on any atom is 0.410 e. The highest BCUT2D eigenvalue weighted by molar-refractivity contribution is 5.68. The number of nitrogens with zero attached hydrogens (tertiary/aromatic N) is 1. The number of rotatable bonds is 4. The SMILES string of the molecule is COc1cccc(CC2CCN(C(=O)OC(C)(C)C)CC2)c1OC. The molecule has 1 aromatic carbocycles.